The van der Waals surface area contributed by atoms with E-state index in [0.29, 0.717) is 0 Å². The summed E-state index contributed by atoms with van der Waals surface area (Å²) in [6.07, 6.45) is 0. The molecule has 0 saturated heterocycles. The molecule has 0 aromatic carbocycles. The van der Waals surface area contributed by atoms with Gasteiger partial charge in [0.15, 0.2) is 0 Å². The summed E-state index contributed by atoms with van der Waals surface area (Å²) in [5.74, 6) is 0. The van der Waals surface area contributed by atoms with Crippen LogP contribution in [0, 0.1) is 0 Å². The van der Waals surface area contributed by atoms with Crippen LogP contribution in [-0.4, -0.2) is 40.8 Å². The van der Waals surface area contributed by atoms with Gasteiger partial charge in [-0.15, -0.1) is 0 Å². The van der Waals surface area contributed by atoms with E-state index in [1.165, 1.54) is 5.48 Å². The molecule has 0 atom stereocenters. The summed E-state index contributed by atoms with van der Waals surface area (Å²) in [5, 5.41) is 7.42. The zero-order valence-electron chi connectivity index (χ0n) is 3.43. The molecule has 6 heavy (non-hydrogen) atoms. The van der Waals surface area contributed by atoms with Gasteiger partial charge in [-0.1, -0.05) is 0 Å². The zero-order chi connectivity index (χ0) is 4.28. The summed E-state index contributed by atoms with van der Waals surface area (Å²) >= 11 is 0. The second-order valence-corrected chi connectivity index (χ2v) is 0.476. The van der Waals surface area contributed by atoms with E-state index in [9.17, 15) is 4.79 Å². The van der Waals surface area contributed by atoms with E-state index in [1.807, 2.05) is 0 Å². The van der Waals surface area contributed by atoms with Crippen molar-refractivity contribution in [3.8, 4) is 0 Å². The third-order valence-electron chi connectivity index (χ3n) is 0.110. The van der Waals surface area contributed by atoms with E-state index in [1.54, 1.807) is 0 Å². The molecule has 0 heterocycles. The van der Waals surface area contributed by atoms with Crippen molar-refractivity contribution in [2.45, 2.75) is 0 Å². The molecule has 0 bridgehead atoms. The van der Waals surface area contributed by atoms with Gasteiger partial charge in [0.05, 0.1) is 0 Å². The molecule has 0 aliphatic heterocycles. The molecular weight excluding hydrogens is 95.0 g/mol. The number of amides is 2. The van der Waals surface area contributed by atoms with Gasteiger partial charge in [0.1, 0.15) is 0 Å². The van der Waals surface area contributed by atoms with Gasteiger partial charge < -0.3 is 5.73 Å². The molecule has 0 saturated carbocycles. The number of hydrogen-bond donors (Lipinski definition) is 3. The van der Waals surface area contributed by atoms with Crippen molar-refractivity contribution in [1.82, 2.24) is 5.48 Å². The second-order valence-electron chi connectivity index (χ2n) is 0.476. The predicted octanol–water partition coefficient (Wildman–Crippen LogP) is -1.34. The van der Waals surface area contributed by atoms with Gasteiger partial charge in [-0.05, 0) is 0 Å². The van der Waals surface area contributed by atoms with Crippen molar-refractivity contribution in [3.05, 3.63) is 0 Å². The summed E-state index contributed by atoms with van der Waals surface area (Å²) in [5.41, 5.74) is 5.46. The minimum absolute atomic E-state index is 0. The van der Waals surface area contributed by atoms with Crippen LogP contribution in [0.25, 0.3) is 0 Å². The molecule has 5 heteroatoms. The molecule has 0 fully saturated rings. The first kappa shape index (κ1) is 9.52. The van der Waals surface area contributed by atoms with Crippen LogP contribution in [-0.2, 0) is 0 Å². The number of nitrogens with two attached hydrogens (primary N) is 1. The van der Waals surface area contributed by atoms with E-state index in [0.717, 1.165) is 0 Å². The Morgan fingerprint density at radius 3 is 2.00 bits per heavy atom. The van der Waals surface area contributed by atoms with Gasteiger partial charge >= 0.3 is 6.03 Å². The minimum atomic E-state index is -0.940. The van der Waals surface area contributed by atoms with Crippen molar-refractivity contribution >= 4 is 35.6 Å². The largest absolute Gasteiger partial charge is 0.350 e. The third kappa shape index (κ3) is 8.87. The van der Waals surface area contributed by atoms with E-state index in [-0.39, 0.29) is 29.6 Å². The first-order chi connectivity index (χ1) is 2.27. The summed E-state index contributed by atoms with van der Waals surface area (Å²) in [6.45, 7) is 0. The molecular formula is CH4N2NaO2. The fraction of sp³-hybridized carbons (Fsp3) is 0. The van der Waals surface area contributed by atoms with Crippen LogP contribution in [0.1, 0.15) is 0 Å². The Morgan fingerprint density at radius 1 is 1.83 bits per heavy atom. The average Bonchev–Trinajstić information content (AvgIpc) is 1.38. The molecule has 1 radical (unpaired) electrons. The molecule has 0 unspecified atom stereocenters. The Balaban J connectivity index is 0. The number of hydroxylamine groups is 1. The average molecular weight is 99.0 g/mol. The number of carbonyl (C=O) groups is 1. The van der Waals surface area contributed by atoms with Crippen molar-refractivity contribution in [2.75, 3.05) is 0 Å². The number of carbonyl (C=O) groups excluding carboxylic acids is 1. The van der Waals surface area contributed by atoms with Crippen molar-refractivity contribution in [2.24, 2.45) is 5.73 Å². The molecule has 2 amide bonds. The normalized spacial score (nSPS) is 5.50. The van der Waals surface area contributed by atoms with Crippen LogP contribution < -0.4 is 11.2 Å². The number of nitrogens with one attached hydrogen (secondary N) is 1. The maximum atomic E-state index is 9.23. The Labute approximate surface area is 57.0 Å². The first-order valence-electron chi connectivity index (χ1n) is 0.966. The minimum Gasteiger partial charge on any atom is -0.350 e. The Morgan fingerprint density at radius 2 is 2.00 bits per heavy atom. The second kappa shape index (κ2) is 5.23. The van der Waals surface area contributed by atoms with Crippen LogP contribution in [0.15, 0.2) is 0 Å². The molecule has 31 valence electrons. The van der Waals surface area contributed by atoms with Gasteiger partial charge in [0, 0.05) is 29.6 Å². The topological polar surface area (TPSA) is 75.4 Å². The Hall–Kier alpha value is 0.230. The van der Waals surface area contributed by atoms with E-state index >= 15 is 0 Å². The standard InChI is InChI=1S/CH4N2O2.Na/c2-1(4)3-5;/h5H,(H3,2,3,4);. The molecule has 0 rings (SSSR count). The number of hydrogen-bond acceptors (Lipinski definition) is 2. The third-order valence-corrected chi connectivity index (χ3v) is 0.110. The van der Waals surface area contributed by atoms with Crippen LogP contribution >= 0.6 is 0 Å². The first-order valence-corrected chi connectivity index (χ1v) is 0.966. The fourth-order valence-electron chi connectivity index (χ4n) is 0. The summed E-state index contributed by atoms with van der Waals surface area (Å²) in [4.78, 5) is 9.23. The molecule has 0 aliphatic carbocycles. The van der Waals surface area contributed by atoms with Gasteiger partial charge in [-0.25, -0.2) is 10.3 Å². The van der Waals surface area contributed by atoms with Crippen LogP contribution in [0.3, 0.4) is 0 Å². The maximum Gasteiger partial charge on any atom is 0.335 e. The van der Waals surface area contributed by atoms with Gasteiger partial charge in [0.2, 0.25) is 0 Å². The summed E-state index contributed by atoms with van der Waals surface area (Å²) in [7, 11) is 0. The Bertz CT molecular complexity index is 46.8. The molecule has 0 aromatic heterocycles. The van der Waals surface area contributed by atoms with Gasteiger partial charge in [0.25, 0.3) is 0 Å². The van der Waals surface area contributed by atoms with Crippen LogP contribution in [0.2, 0.25) is 0 Å². The smallest absolute Gasteiger partial charge is 0.335 e. The monoisotopic (exact) mass is 99.0 g/mol. The molecule has 4 N–H and O–H groups in total. The molecule has 0 spiro atoms. The van der Waals surface area contributed by atoms with Crippen LogP contribution in [0.4, 0.5) is 4.79 Å². The SMILES string of the molecule is NC(=O)NO.[Na]. The zero-order valence-corrected chi connectivity index (χ0v) is 5.43. The number of urea groups is 1. The van der Waals surface area contributed by atoms with Crippen molar-refractivity contribution in [1.29, 1.82) is 0 Å². The molecule has 4 nitrogen and oxygen atoms in total. The van der Waals surface area contributed by atoms with E-state index in [2.05, 4.69) is 5.73 Å². The van der Waals surface area contributed by atoms with Crippen LogP contribution in [0.5, 0.6) is 0 Å². The maximum absolute atomic E-state index is 9.23. The van der Waals surface area contributed by atoms with E-state index < -0.39 is 6.03 Å². The summed E-state index contributed by atoms with van der Waals surface area (Å²) in [6, 6.07) is -0.940. The van der Waals surface area contributed by atoms with Crippen molar-refractivity contribution < 1.29 is 10.0 Å². The fourth-order valence-corrected chi connectivity index (χ4v) is 0. The van der Waals surface area contributed by atoms with E-state index in [4.69, 9.17) is 5.21 Å². The Kier molecular flexibility index (Phi) is 8.30. The summed E-state index contributed by atoms with van der Waals surface area (Å²) < 4.78 is 0. The van der Waals surface area contributed by atoms with Gasteiger partial charge in [-0.2, -0.15) is 0 Å². The molecule has 0 aromatic rings. The molecule has 0 aliphatic rings. The quantitative estimate of drug-likeness (QED) is 0.200. The predicted molar refractivity (Wildman–Crippen MR) is 20.3 cm³/mol. The number of rotatable bonds is 0. The number of primary amides is 1. The van der Waals surface area contributed by atoms with Crippen molar-refractivity contribution in [3.63, 3.8) is 0 Å². The van der Waals surface area contributed by atoms with Gasteiger partial charge in [-0.3, -0.25) is 5.21 Å².